The Hall–Kier alpha value is -0.830. The van der Waals surface area contributed by atoms with Crippen LogP contribution in [0.4, 0.5) is 4.39 Å². The summed E-state index contributed by atoms with van der Waals surface area (Å²) in [6, 6.07) is 4.62. The van der Waals surface area contributed by atoms with Crippen LogP contribution in [0.25, 0.3) is 0 Å². The number of carbonyl (C=O) groups is 1. The molecule has 1 aromatic rings. The molecule has 0 bridgehead atoms. The summed E-state index contributed by atoms with van der Waals surface area (Å²) in [5.41, 5.74) is 0.843. The van der Waals surface area contributed by atoms with Gasteiger partial charge in [0.1, 0.15) is 12.1 Å². The van der Waals surface area contributed by atoms with Gasteiger partial charge < -0.3 is 4.79 Å². The summed E-state index contributed by atoms with van der Waals surface area (Å²) in [7, 11) is 0. The van der Waals surface area contributed by atoms with Gasteiger partial charge in [-0.1, -0.05) is 0 Å². The smallest absolute Gasteiger partial charge is 0.128 e. The SMILES string of the molecule is O=CC1CSc2ccc(F)cc21. The van der Waals surface area contributed by atoms with Gasteiger partial charge in [0, 0.05) is 10.6 Å². The van der Waals surface area contributed by atoms with Gasteiger partial charge in [0.15, 0.2) is 0 Å². The largest absolute Gasteiger partial charge is 0.303 e. The van der Waals surface area contributed by atoms with Gasteiger partial charge in [0.05, 0.1) is 5.92 Å². The molecule has 0 saturated carbocycles. The Morgan fingerprint density at radius 1 is 1.58 bits per heavy atom. The molecule has 1 atom stereocenters. The number of fused-ring (bicyclic) bond motifs is 1. The molecule has 0 aliphatic carbocycles. The number of halogens is 1. The second-order valence-electron chi connectivity index (χ2n) is 2.74. The minimum atomic E-state index is -0.261. The molecule has 0 fully saturated rings. The van der Waals surface area contributed by atoms with Gasteiger partial charge in [-0.25, -0.2) is 4.39 Å². The third kappa shape index (κ3) is 1.14. The number of carbonyl (C=O) groups excluding carboxylic acids is 1. The summed E-state index contributed by atoms with van der Waals surface area (Å²) >= 11 is 1.61. The highest BCUT2D eigenvalue weighted by Gasteiger charge is 2.22. The van der Waals surface area contributed by atoms with Gasteiger partial charge in [0.25, 0.3) is 0 Å². The standard InChI is InChI=1S/C9H7FOS/c10-7-1-2-9-8(3-7)6(4-11)5-12-9/h1-4,6H,5H2. The predicted octanol–water partition coefficient (Wildman–Crippen LogP) is 2.21. The Labute approximate surface area is 74.0 Å². The topological polar surface area (TPSA) is 17.1 Å². The van der Waals surface area contributed by atoms with Gasteiger partial charge in [-0.3, -0.25) is 0 Å². The maximum atomic E-state index is 12.7. The van der Waals surface area contributed by atoms with Crippen LogP contribution in [0.3, 0.4) is 0 Å². The van der Waals surface area contributed by atoms with Crippen molar-refractivity contribution in [3.8, 4) is 0 Å². The maximum Gasteiger partial charge on any atom is 0.128 e. The van der Waals surface area contributed by atoms with Crippen molar-refractivity contribution in [3.63, 3.8) is 0 Å². The fraction of sp³-hybridized carbons (Fsp3) is 0.222. The molecule has 3 heteroatoms. The lowest BCUT2D eigenvalue weighted by molar-refractivity contribution is -0.108. The van der Waals surface area contributed by atoms with Gasteiger partial charge in [-0.15, -0.1) is 11.8 Å². The molecule has 12 heavy (non-hydrogen) atoms. The van der Waals surface area contributed by atoms with E-state index in [1.165, 1.54) is 12.1 Å². The quantitative estimate of drug-likeness (QED) is 0.619. The molecule has 62 valence electrons. The zero-order valence-electron chi connectivity index (χ0n) is 6.29. The highest BCUT2D eigenvalue weighted by Crippen LogP contribution is 2.38. The number of rotatable bonds is 1. The van der Waals surface area contributed by atoms with Crippen LogP contribution in [0.1, 0.15) is 11.5 Å². The van der Waals surface area contributed by atoms with Crippen LogP contribution < -0.4 is 0 Å². The summed E-state index contributed by atoms with van der Waals surface area (Å²) < 4.78 is 12.7. The summed E-state index contributed by atoms with van der Waals surface area (Å²) in [6.07, 6.45) is 0.887. The molecule has 0 radical (unpaired) electrons. The Morgan fingerprint density at radius 2 is 2.42 bits per heavy atom. The molecule has 0 saturated heterocycles. The van der Waals surface area contributed by atoms with E-state index in [1.54, 1.807) is 17.8 Å². The van der Waals surface area contributed by atoms with E-state index in [4.69, 9.17) is 0 Å². The normalized spacial score (nSPS) is 20.6. The summed E-state index contributed by atoms with van der Waals surface area (Å²) in [6.45, 7) is 0. The zero-order chi connectivity index (χ0) is 8.55. The molecule has 1 aliphatic rings. The first-order valence-electron chi connectivity index (χ1n) is 3.69. The molecule has 1 heterocycles. The van der Waals surface area contributed by atoms with Crippen LogP contribution in [0.15, 0.2) is 23.1 Å². The number of hydrogen-bond acceptors (Lipinski definition) is 2. The van der Waals surface area contributed by atoms with Crippen LogP contribution in [0.5, 0.6) is 0 Å². The Bertz CT molecular complexity index is 324. The highest BCUT2D eigenvalue weighted by molar-refractivity contribution is 7.99. The van der Waals surface area contributed by atoms with Gasteiger partial charge in [-0.2, -0.15) is 0 Å². The van der Waals surface area contributed by atoms with Gasteiger partial charge in [0.2, 0.25) is 0 Å². The van der Waals surface area contributed by atoms with Crippen LogP contribution in [0.2, 0.25) is 0 Å². The molecule has 0 N–H and O–H groups in total. The van der Waals surface area contributed by atoms with E-state index >= 15 is 0 Å². The van der Waals surface area contributed by atoms with Crippen LogP contribution >= 0.6 is 11.8 Å². The van der Waals surface area contributed by atoms with Crippen LogP contribution in [-0.2, 0) is 4.79 Å². The molecule has 0 aromatic heterocycles. The number of aldehydes is 1. The van der Waals surface area contributed by atoms with Crippen molar-refractivity contribution in [2.45, 2.75) is 10.8 Å². The van der Waals surface area contributed by atoms with E-state index in [-0.39, 0.29) is 11.7 Å². The zero-order valence-corrected chi connectivity index (χ0v) is 7.10. The average molecular weight is 182 g/mol. The Kier molecular flexibility index (Phi) is 1.89. The fourth-order valence-electron chi connectivity index (χ4n) is 1.32. The summed E-state index contributed by atoms with van der Waals surface area (Å²) in [5.74, 6) is 0.381. The van der Waals surface area contributed by atoms with E-state index in [9.17, 15) is 9.18 Å². The van der Waals surface area contributed by atoms with Gasteiger partial charge in [-0.05, 0) is 23.8 Å². The molecular weight excluding hydrogens is 175 g/mol. The summed E-state index contributed by atoms with van der Waals surface area (Å²) in [5, 5.41) is 0. The van der Waals surface area contributed by atoms with E-state index < -0.39 is 0 Å². The average Bonchev–Trinajstić information content (AvgIpc) is 2.46. The molecule has 1 aliphatic heterocycles. The predicted molar refractivity (Wildman–Crippen MR) is 45.9 cm³/mol. The highest BCUT2D eigenvalue weighted by atomic mass is 32.2. The molecule has 0 spiro atoms. The lowest BCUT2D eigenvalue weighted by Gasteiger charge is -2.00. The van der Waals surface area contributed by atoms with E-state index in [1.807, 2.05) is 0 Å². The van der Waals surface area contributed by atoms with Crippen molar-refractivity contribution < 1.29 is 9.18 Å². The fourth-order valence-corrected chi connectivity index (χ4v) is 2.48. The van der Waals surface area contributed by atoms with E-state index in [0.29, 0.717) is 0 Å². The van der Waals surface area contributed by atoms with Crippen molar-refractivity contribution >= 4 is 18.0 Å². The molecular formula is C9H7FOS. The first-order chi connectivity index (χ1) is 5.81. The van der Waals surface area contributed by atoms with Crippen molar-refractivity contribution in [3.05, 3.63) is 29.6 Å². The minimum Gasteiger partial charge on any atom is -0.303 e. The second kappa shape index (κ2) is 2.90. The number of thioether (sulfide) groups is 1. The maximum absolute atomic E-state index is 12.7. The first-order valence-corrected chi connectivity index (χ1v) is 4.67. The van der Waals surface area contributed by atoms with Gasteiger partial charge >= 0.3 is 0 Å². The van der Waals surface area contributed by atoms with Crippen LogP contribution in [0, 0.1) is 5.82 Å². The molecule has 1 aromatic carbocycles. The van der Waals surface area contributed by atoms with Crippen molar-refractivity contribution in [1.29, 1.82) is 0 Å². The first kappa shape index (κ1) is 7.80. The van der Waals surface area contributed by atoms with Crippen molar-refractivity contribution in [2.75, 3.05) is 5.75 Å². The lowest BCUT2D eigenvalue weighted by Crippen LogP contribution is -1.97. The molecule has 2 rings (SSSR count). The Morgan fingerprint density at radius 3 is 3.17 bits per heavy atom. The third-order valence-corrected chi connectivity index (χ3v) is 3.16. The van der Waals surface area contributed by atoms with Crippen molar-refractivity contribution in [2.24, 2.45) is 0 Å². The third-order valence-electron chi connectivity index (χ3n) is 1.95. The van der Waals surface area contributed by atoms with Crippen LogP contribution in [-0.4, -0.2) is 12.0 Å². The number of hydrogen-bond donors (Lipinski definition) is 0. The van der Waals surface area contributed by atoms with E-state index in [0.717, 1.165) is 22.5 Å². The number of benzene rings is 1. The molecule has 1 unspecified atom stereocenters. The van der Waals surface area contributed by atoms with E-state index in [2.05, 4.69) is 0 Å². The summed E-state index contributed by atoms with van der Waals surface area (Å²) in [4.78, 5) is 11.6. The Balaban J connectivity index is 2.49. The second-order valence-corrected chi connectivity index (χ2v) is 3.80. The molecule has 1 nitrogen and oxygen atoms in total. The van der Waals surface area contributed by atoms with Crippen molar-refractivity contribution in [1.82, 2.24) is 0 Å². The monoisotopic (exact) mass is 182 g/mol. The lowest BCUT2D eigenvalue weighted by atomic mass is 10.0. The minimum absolute atomic E-state index is 0.110. The molecule has 0 amide bonds.